The summed E-state index contributed by atoms with van der Waals surface area (Å²) in [4.78, 5) is 10.3. The second kappa shape index (κ2) is 7.56. The summed E-state index contributed by atoms with van der Waals surface area (Å²) in [5.74, 6) is 0.0130. The van der Waals surface area contributed by atoms with E-state index in [-0.39, 0.29) is 6.42 Å². The SMILES string of the molecule is O=C(O)CCCCCOc1ccc(Cl)cc1Br. The zero-order valence-electron chi connectivity index (χ0n) is 9.29. The maximum absolute atomic E-state index is 10.3. The summed E-state index contributed by atoms with van der Waals surface area (Å²) < 4.78 is 6.38. The summed E-state index contributed by atoms with van der Waals surface area (Å²) in [5, 5.41) is 9.12. The smallest absolute Gasteiger partial charge is 0.303 e. The van der Waals surface area contributed by atoms with Gasteiger partial charge in [-0.3, -0.25) is 4.79 Å². The minimum atomic E-state index is -0.744. The van der Waals surface area contributed by atoms with Crippen molar-refractivity contribution in [3.05, 3.63) is 27.7 Å². The van der Waals surface area contributed by atoms with E-state index in [2.05, 4.69) is 15.9 Å². The molecule has 3 nitrogen and oxygen atoms in total. The van der Waals surface area contributed by atoms with E-state index in [1.807, 2.05) is 6.07 Å². The number of carbonyl (C=O) groups is 1. The van der Waals surface area contributed by atoms with E-state index in [0.717, 1.165) is 23.1 Å². The largest absolute Gasteiger partial charge is 0.492 e. The molecule has 94 valence electrons. The van der Waals surface area contributed by atoms with Gasteiger partial charge in [0.05, 0.1) is 11.1 Å². The van der Waals surface area contributed by atoms with E-state index in [0.29, 0.717) is 18.1 Å². The lowest BCUT2D eigenvalue weighted by Gasteiger charge is -2.07. The molecule has 1 aromatic carbocycles. The number of hydrogen-bond acceptors (Lipinski definition) is 2. The topological polar surface area (TPSA) is 46.5 Å². The van der Waals surface area contributed by atoms with Crippen LogP contribution in [0.25, 0.3) is 0 Å². The predicted molar refractivity (Wildman–Crippen MR) is 70.8 cm³/mol. The average molecular weight is 322 g/mol. The molecule has 0 aliphatic heterocycles. The van der Waals surface area contributed by atoms with E-state index in [1.54, 1.807) is 12.1 Å². The van der Waals surface area contributed by atoms with Crippen molar-refractivity contribution in [2.75, 3.05) is 6.61 Å². The third-order valence-corrected chi connectivity index (χ3v) is 3.04. The Morgan fingerprint density at radius 1 is 1.35 bits per heavy atom. The fourth-order valence-corrected chi connectivity index (χ4v) is 2.13. The number of carboxylic acids is 1. The average Bonchev–Trinajstić information content (AvgIpc) is 2.25. The molecular formula is C12H14BrClO3. The molecule has 0 heterocycles. The van der Waals surface area contributed by atoms with Gasteiger partial charge in [0.1, 0.15) is 5.75 Å². The maximum Gasteiger partial charge on any atom is 0.303 e. The molecule has 5 heteroatoms. The summed E-state index contributed by atoms with van der Waals surface area (Å²) in [6, 6.07) is 5.36. The zero-order valence-corrected chi connectivity index (χ0v) is 11.6. The van der Waals surface area contributed by atoms with Crippen molar-refractivity contribution < 1.29 is 14.6 Å². The predicted octanol–water partition coefficient (Wildman–Crippen LogP) is 4.13. The van der Waals surface area contributed by atoms with Crippen LogP contribution in [-0.2, 0) is 4.79 Å². The van der Waals surface area contributed by atoms with Crippen molar-refractivity contribution in [3.8, 4) is 5.75 Å². The first-order chi connectivity index (χ1) is 8.09. The molecule has 0 fully saturated rings. The number of rotatable bonds is 7. The molecule has 0 atom stereocenters. The van der Waals surface area contributed by atoms with Crippen LogP contribution < -0.4 is 4.74 Å². The van der Waals surface area contributed by atoms with Crippen LogP contribution in [-0.4, -0.2) is 17.7 Å². The minimum absolute atomic E-state index is 0.227. The molecule has 0 saturated carbocycles. The van der Waals surface area contributed by atoms with Gasteiger partial charge in [-0.15, -0.1) is 0 Å². The first-order valence-electron chi connectivity index (χ1n) is 5.39. The minimum Gasteiger partial charge on any atom is -0.492 e. The Labute approximate surface area is 114 Å². The monoisotopic (exact) mass is 320 g/mol. The van der Waals surface area contributed by atoms with Crippen LogP contribution in [0, 0.1) is 0 Å². The van der Waals surface area contributed by atoms with Crippen molar-refractivity contribution in [2.45, 2.75) is 25.7 Å². The highest BCUT2D eigenvalue weighted by atomic mass is 79.9. The number of benzene rings is 1. The number of ether oxygens (including phenoxy) is 1. The zero-order chi connectivity index (χ0) is 12.7. The van der Waals surface area contributed by atoms with Gasteiger partial charge >= 0.3 is 5.97 Å². The Morgan fingerprint density at radius 3 is 2.76 bits per heavy atom. The number of hydrogen-bond donors (Lipinski definition) is 1. The molecule has 0 saturated heterocycles. The van der Waals surface area contributed by atoms with Crippen LogP contribution in [0.1, 0.15) is 25.7 Å². The van der Waals surface area contributed by atoms with Gasteiger partial charge in [-0.2, -0.15) is 0 Å². The van der Waals surface area contributed by atoms with Gasteiger partial charge in [0.25, 0.3) is 0 Å². The molecule has 0 bridgehead atoms. The summed E-state index contributed by atoms with van der Waals surface area (Å²) in [6.45, 7) is 0.583. The normalized spacial score (nSPS) is 10.2. The Hall–Kier alpha value is -0.740. The summed E-state index contributed by atoms with van der Waals surface area (Å²) in [5.41, 5.74) is 0. The fourth-order valence-electron chi connectivity index (χ4n) is 1.33. The van der Waals surface area contributed by atoms with Crippen LogP contribution in [0.5, 0.6) is 5.75 Å². The third kappa shape index (κ3) is 5.94. The maximum atomic E-state index is 10.3. The van der Waals surface area contributed by atoms with Gasteiger partial charge in [-0.25, -0.2) is 0 Å². The molecule has 0 aliphatic carbocycles. The van der Waals surface area contributed by atoms with E-state index >= 15 is 0 Å². The van der Waals surface area contributed by atoms with Gasteiger partial charge in [-0.05, 0) is 53.4 Å². The molecule has 1 rings (SSSR count). The quantitative estimate of drug-likeness (QED) is 0.768. The highest BCUT2D eigenvalue weighted by Gasteiger charge is 2.02. The molecule has 1 N–H and O–H groups in total. The standard InChI is InChI=1S/C12H14BrClO3/c13-10-8-9(14)5-6-11(10)17-7-3-1-2-4-12(15)16/h5-6,8H,1-4,7H2,(H,15,16). The first-order valence-corrected chi connectivity index (χ1v) is 6.56. The number of carboxylic acid groups (broad SMARTS) is 1. The van der Waals surface area contributed by atoms with Gasteiger partial charge in [-0.1, -0.05) is 11.6 Å². The Kier molecular flexibility index (Phi) is 6.37. The lowest BCUT2D eigenvalue weighted by atomic mass is 10.2. The van der Waals surface area contributed by atoms with Crippen LogP contribution >= 0.6 is 27.5 Å². The second-order valence-corrected chi connectivity index (χ2v) is 4.92. The number of halogens is 2. The van der Waals surface area contributed by atoms with Crippen LogP contribution in [0.3, 0.4) is 0 Å². The van der Waals surface area contributed by atoms with Crippen LogP contribution in [0.15, 0.2) is 22.7 Å². The van der Waals surface area contributed by atoms with Crippen molar-refractivity contribution in [1.82, 2.24) is 0 Å². The fraction of sp³-hybridized carbons (Fsp3) is 0.417. The number of unbranched alkanes of at least 4 members (excludes halogenated alkanes) is 2. The lowest BCUT2D eigenvalue weighted by Crippen LogP contribution is -1.99. The second-order valence-electron chi connectivity index (χ2n) is 3.63. The third-order valence-electron chi connectivity index (χ3n) is 2.19. The molecule has 0 radical (unpaired) electrons. The molecule has 0 unspecified atom stereocenters. The van der Waals surface area contributed by atoms with E-state index in [4.69, 9.17) is 21.4 Å². The molecule has 17 heavy (non-hydrogen) atoms. The van der Waals surface area contributed by atoms with E-state index < -0.39 is 5.97 Å². The first kappa shape index (κ1) is 14.3. The number of aliphatic carboxylic acids is 1. The molecule has 0 amide bonds. The molecule has 1 aromatic rings. The van der Waals surface area contributed by atoms with Crippen molar-refractivity contribution >= 4 is 33.5 Å². The van der Waals surface area contributed by atoms with E-state index in [9.17, 15) is 4.79 Å². The summed E-state index contributed by atoms with van der Waals surface area (Å²) in [7, 11) is 0. The van der Waals surface area contributed by atoms with Gasteiger partial charge in [0.15, 0.2) is 0 Å². The Bertz CT molecular complexity index is 382. The summed E-state index contributed by atoms with van der Waals surface area (Å²) in [6.07, 6.45) is 2.63. The van der Waals surface area contributed by atoms with E-state index in [1.165, 1.54) is 0 Å². The molecular weight excluding hydrogens is 307 g/mol. The lowest BCUT2D eigenvalue weighted by molar-refractivity contribution is -0.137. The Balaban J connectivity index is 2.20. The van der Waals surface area contributed by atoms with Crippen LogP contribution in [0.2, 0.25) is 5.02 Å². The molecule has 0 aliphatic rings. The highest BCUT2D eigenvalue weighted by molar-refractivity contribution is 9.10. The molecule has 0 spiro atoms. The van der Waals surface area contributed by atoms with Crippen molar-refractivity contribution in [3.63, 3.8) is 0 Å². The Morgan fingerprint density at radius 2 is 2.12 bits per heavy atom. The molecule has 0 aromatic heterocycles. The summed E-state index contributed by atoms with van der Waals surface area (Å²) >= 11 is 9.17. The van der Waals surface area contributed by atoms with Gasteiger partial charge < -0.3 is 9.84 Å². The van der Waals surface area contributed by atoms with Crippen molar-refractivity contribution in [1.29, 1.82) is 0 Å². The van der Waals surface area contributed by atoms with Crippen molar-refractivity contribution in [2.24, 2.45) is 0 Å². The highest BCUT2D eigenvalue weighted by Crippen LogP contribution is 2.28. The van der Waals surface area contributed by atoms with Crippen LogP contribution in [0.4, 0.5) is 0 Å². The van der Waals surface area contributed by atoms with Gasteiger partial charge in [0, 0.05) is 11.4 Å². The van der Waals surface area contributed by atoms with Gasteiger partial charge in [0.2, 0.25) is 0 Å².